The van der Waals surface area contributed by atoms with Crippen molar-refractivity contribution in [3.8, 4) is 0 Å². The normalized spacial score (nSPS) is 20.9. The van der Waals surface area contributed by atoms with Crippen molar-refractivity contribution in [2.45, 2.75) is 38.9 Å². The maximum atomic E-state index is 11.8. The lowest BCUT2D eigenvalue weighted by Crippen LogP contribution is -2.41. The SMILES string of the molecule is CC1(C)OB(C(=Cc2cc(Br)c[nH]c2=O)CN)OC1(C)C. The van der Waals surface area contributed by atoms with Crippen LogP contribution in [-0.4, -0.2) is 29.8 Å². The Morgan fingerprint density at radius 2 is 1.95 bits per heavy atom. The molecule has 0 spiro atoms. The molecule has 0 bridgehead atoms. The second kappa shape index (κ2) is 5.72. The Bertz CT molecular complexity index is 609. The first-order valence-electron chi connectivity index (χ1n) is 6.81. The monoisotopic (exact) mass is 354 g/mol. The van der Waals surface area contributed by atoms with Crippen LogP contribution in [0.5, 0.6) is 0 Å². The number of pyridine rings is 1. The lowest BCUT2D eigenvalue weighted by molar-refractivity contribution is 0.00578. The lowest BCUT2D eigenvalue weighted by Gasteiger charge is -2.32. The fraction of sp³-hybridized carbons (Fsp3) is 0.500. The van der Waals surface area contributed by atoms with Crippen LogP contribution in [0.3, 0.4) is 0 Å². The molecule has 21 heavy (non-hydrogen) atoms. The van der Waals surface area contributed by atoms with Crippen molar-refractivity contribution in [3.63, 3.8) is 0 Å². The number of nitrogens with one attached hydrogen (secondary N) is 1. The summed E-state index contributed by atoms with van der Waals surface area (Å²) in [7, 11) is -0.543. The summed E-state index contributed by atoms with van der Waals surface area (Å²) in [5.74, 6) is 0. The summed E-state index contributed by atoms with van der Waals surface area (Å²) >= 11 is 3.33. The van der Waals surface area contributed by atoms with Crippen LogP contribution in [-0.2, 0) is 9.31 Å². The van der Waals surface area contributed by atoms with Crippen LogP contribution in [0.15, 0.2) is 27.0 Å². The van der Waals surface area contributed by atoms with Crippen LogP contribution >= 0.6 is 15.9 Å². The summed E-state index contributed by atoms with van der Waals surface area (Å²) < 4.78 is 12.7. The van der Waals surface area contributed by atoms with Crippen molar-refractivity contribution in [2.24, 2.45) is 5.73 Å². The van der Waals surface area contributed by atoms with Gasteiger partial charge >= 0.3 is 7.12 Å². The van der Waals surface area contributed by atoms with Crippen LogP contribution in [0.25, 0.3) is 6.08 Å². The smallest absolute Gasteiger partial charge is 0.400 e. The van der Waals surface area contributed by atoms with Gasteiger partial charge in [0.05, 0.1) is 11.2 Å². The first-order chi connectivity index (χ1) is 9.66. The zero-order valence-corrected chi connectivity index (χ0v) is 14.3. The predicted octanol–water partition coefficient (Wildman–Crippen LogP) is 2.11. The molecule has 2 heterocycles. The molecule has 114 valence electrons. The van der Waals surface area contributed by atoms with Crippen LogP contribution in [0.4, 0.5) is 0 Å². The van der Waals surface area contributed by atoms with E-state index in [1.54, 1.807) is 18.3 Å². The summed E-state index contributed by atoms with van der Waals surface area (Å²) in [5.41, 5.74) is 6.01. The Morgan fingerprint density at radius 3 is 2.48 bits per heavy atom. The maximum absolute atomic E-state index is 11.8. The highest BCUT2D eigenvalue weighted by molar-refractivity contribution is 9.10. The van der Waals surface area contributed by atoms with E-state index in [9.17, 15) is 4.79 Å². The van der Waals surface area contributed by atoms with Crippen LogP contribution in [0.2, 0.25) is 0 Å². The number of rotatable bonds is 3. The second-order valence-electron chi connectivity index (χ2n) is 6.11. The fourth-order valence-electron chi connectivity index (χ4n) is 2.00. The van der Waals surface area contributed by atoms with Crippen molar-refractivity contribution in [2.75, 3.05) is 6.54 Å². The number of hydrogen-bond acceptors (Lipinski definition) is 4. The Hall–Kier alpha value is -0.885. The third kappa shape index (κ3) is 3.31. The zero-order valence-electron chi connectivity index (χ0n) is 12.7. The Morgan fingerprint density at radius 1 is 1.38 bits per heavy atom. The number of halogens is 1. The molecular weight excluding hydrogens is 335 g/mol. The molecule has 0 saturated carbocycles. The second-order valence-corrected chi connectivity index (χ2v) is 7.03. The third-order valence-corrected chi connectivity index (χ3v) is 4.49. The van der Waals surface area contributed by atoms with Gasteiger partial charge in [0, 0.05) is 22.8 Å². The quantitative estimate of drug-likeness (QED) is 0.815. The van der Waals surface area contributed by atoms with Gasteiger partial charge in [-0.2, -0.15) is 0 Å². The minimum atomic E-state index is -0.543. The topological polar surface area (TPSA) is 77.3 Å². The van der Waals surface area contributed by atoms with Crippen molar-refractivity contribution >= 4 is 29.1 Å². The van der Waals surface area contributed by atoms with E-state index in [0.717, 1.165) is 9.95 Å². The standard InChI is InChI=1S/C14H20BBrN2O3/c1-13(2)14(3,4)21-15(20-13)10(7-17)5-9-6-11(16)8-18-12(9)19/h5-6,8H,7,17H2,1-4H3,(H,18,19). The molecule has 0 aromatic carbocycles. The molecule has 0 radical (unpaired) electrons. The van der Waals surface area contributed by atoms with E-state index in [0.29, 0.717) is 5.56 Å². The highest BCUT2D eigenvalue weighted by Gasteiger charge is 2.52. The molecule has 1 aromatic rings. The van der Waals surface area contributed by atoms with E-state index in [-0.39, 0.29) is 12.1 Å². The first kappa shape index (κ1) is 16.5. The van der Waals surface area contributed by atoms with E-state index in [1.807, 2.05) is 27.7 Å². The Labute approximate surface area is 133 Å². The summed E-state index contributed by atoms with van der Waals surface area (Å²) in [4.78, 5) is 14.5. The molecule has 1 aliphatic rings. The zero-order chi connectivity index (χ0) is 15.8. The number of H-pyrrole nitrogens is 1. The van der Waals surface area contributed by atoms with Gasteiger partial charge in [-0.25, -0.2) is 0 Å². The number of aromatic amines is 1. The predicted molar refractivity (Wildman–Crippen MR) is 87.9 cm³/mol. The molecule has 7 heteroatoms. The average Bonchev–Trinajstić information content (AvgIpc) is 2.59. The molecule has 0 aliphatic carbocycles. The van der Waals surface area contributed by atoms with E-state index in [4.69, 9.17) is 15.0 Å². The van der Waals surface area contributed by atoms with Crippen LogP contribution in [0.1, 0.15) is 33.3 Å². The Kier molecular flexibility index (Phi) is 4.49. The molecule has 0 amide bonds. The van der Waals surface area contributed by atoms with E-state index >= 15 is 0 Å². The number of hydrogen-bond donors (Lipinski definition) is 2. The average molecular weight is 355 g/mol. The largest absolute Gasteiger partial charge is 0.491 e. The molecule has 1 fully saturated rings. The van der Waals surface area contributed by atoms with Gasteiger partial charge in [-0.15, -0.1) is 0 Å². The van der Waals surface area contributed by atoms with Crippen molar-refractivity contribution in [1.82, 2.24) is 4.98 Å². The van der Waals surface area contributed by atoms with Crippen LogP contribution < -0.4 is 11.3 Å². The van der Waals surface area contributed by atoms with E-state index in [1.165, 1.54) is 0 Å². The highest BCUT2D eigenvalue weighted by atomic mass is 79.9. The molecule has 2 rings (SSSR count). The highest BCUT2D eigenvalue weighted by Crippen LogP contribution is 2.38. The van der Waals surface area contributed by atoms with Gasteiger partial charge in [-0.1, -0.05) is 6.08 Å². The first-order valence-corrected chi connectivity index (χ1v) is 7.60. The molecule has 0 unspecified atom stereocenters. The number of aromatic nitrogens is 1. The summed E-state index contributed by atoms with van der Waals surface area (Å²) in [6, 6.07) is 1.74. The summed E-state index contributed by atoms with van der Waals surface area (Å²) in [5, 5.41) is 0. The summed E-state index contributed by atoms with van der Waals surface area (Å²) in [6.07, 6.45) is 3.32. The number of nitrogens with two attached hydrogens (primary N) is 1. The maximum Gasteiger partial charge on any atom is 0.491 e. The Balaban J connectivity index is 2.35. The van der Waals surface area contributed by atoms with Crippen molar-refractivity contribution in [3.05, 3.63) is 38.1 Å². The minimum Gasteiger partial charge on any atom is -0.400 e. The molecule has 1 aliphatic heterocycles. The van der Waals surface area contributed by atoms with Gasteiger partial charge in [-0.05, 0) is 55.2 Å². The van der Waals surface area contributed by atoms with Gasteiger partial charge < -0.3 is 20.0 Å². The van der Waals surface area contributed by atoms with E-state index in [2.05, 4.69) is 20.9 Å². The molecule has 1 aromatic heterocycles. The molecule has 5 nitrogen and oxygen atoms in total. The van der Waals surface area contributed by atoms with Gasteiger partial charge in [0.2, 0.25) is 0 Å². The molecular formula is C14H20BBrN2O3. The minimum absolute atomic E-state index is 0.180. The van der Waals surface area contributed by atoms with Crippen molar-refractivity contribution in [1.29, 1.82) is 0 Å². The van der Waals surface area contributed by atoms with Gasteiger partial charge in [0.1, 0.15) is 0 Å². The third-order valence-electron chi connectivity index (χ3n) is 4.03. The molecule has 3 N–H and O–H groups in total. The summed E-state index contributed by atoms with van der Waals surface area (Å²) in [6.45, 7) is 8.17. The molecule has 1 saturated heterocycles. The van der Waals surface area contributed by atoms with Gasteiger partial charge in [0.15, 0.2) is 0 Å². The van der Waals surface area contributed by atoms with Crippen LogP contribution in [0, 0.1) is 0 Å². The van der Waals surface area contributed by atoms with Gasteiger partial charge in [-0.3, -0.25) is 4.79 Å². The molecule has 0 atom stereocenters. The van der Waals surface area contributed by atoms with Gasteiger partial charge in [0.25, 0.3) is 5.56 Å². The lowest BCUT2D eigenvalue weighted by atomic mass is 9.77. The van der Waals surface area contributed by atoms with Crippen molar-refractivity contribution < 1.29 is 9.31 Å². The van der Waals surface area contributed by atoms with E-state index < -0.39 is 18.3 Å². The fourth-order valence-corrected chi connectivity index (χ4v) is 2.36.